The molecule has 1 unspecified atom stereocenters. The minimum Gasteiger partial charge on any atom is -0.493 e. The summed E-state index contributed by atoms with van der Waals surface area (Å²) in [4.78, 5) is 12.4. The summed E-state index contributed by atoms with van der Waals surface area (Å²) in [5.74, 6) is 1.29. The number of hydrogen-bond donors (Lipinski definition) is 2. The Hall–Kier alpha value is -2.69. The molecule has 0 heterocycles. The maximum atomic E-state index is 12.4. The molecule has 0 aliphatic rings. The number of benzene rings is 2. The minimum absolute atomic E-state index is 0.0811. The van der Waals surface area contributed by atoms with E-state index in [1.807, 2.05) is 69.3 Å². The van der Waals surface area contributed by atoms with Crippen molar-refractivity contribution < 1.29 is 14.3 Å². The summed E-state index contributed by atoms with van der Waals surface area (Å²) in [6.45, 7) is 5.85. The Morgan fingerprint density at radius 3 is 2.24 bits per heavy atom. The maximum absolute atomic E-state index is 12.4. The van der Waals surface area contributed by atoms with Crippen LogP contribution < -0.4 is 20.1 Å². The molecule has 2 N–H and O–H groups in total. The molecule has 2 rings (SSSR count). The molecule has 134 valence electrons. The van der Waals surface area contributed by atoms with Crippen molar-refractivity contribution >= 4 is 6.03 Å². The molecule has 5 heteroatoms. The Morgan fingerprint density at radius 2 is 1.64 bits per heavy atom. The SMILES string of the molecule is COc1ccc(C(C)(C)NC(=O)NC(C)c2ccccc2)cc1OC. The van der Waals surface area contributed by atoms with Crippen LogP contribution in [0.2, 0.25) is 0 Å². The van der Waals surface area contributed by atoms with E-state index in [0.29, 0.717) is 11.5 Å². The minimum atomic E-state index is -0.569. The van der Waals surface area contributed by atoms with Gasteiger partial charge in [-0.05, 0) is 44.0 Å². The van der Waals surface area contributed by atoms with Crippen LogP contribution in [0.3, 0.4) is 0 Å². The average molecular weight is 342 g/mol. The van der Waals surface area contributed by atoms with Gasteiger partial charge in [-0.15, -0.1) is 0 Å². The molecule has 0 aliphatic heterocycles. The van der Waals surface area contributed by atoms with E-state index >= 15 is 0 Å². The van der Waals surface area contributed by atoms with E-state index in [4.69, 9.17) is 9.47 Å². The summed E-state index contributed by atoms with van der Waals surface area (Å²) >= 11 is 0. The van der Waals surface area contributed by atoms with Crippen molar-refractivity contribution in [2.24, 2.45) is 0 Å². The van der Waals surface area contributed by atoms with Gasteiger partial charge in [0.15, 0.2) is 11.5 Å². The normalized spacial score (nSPS) is 12.2. The number of hydrogen-bond acceptors (Lipinski definition) is 3. The van der Waals surface area contributed by atoms with Gasteiger partial charge in [-0.25, -0.2) is 4.79 Å². The third-order valence-corrected chi connectivity index (χ3v) is 4.18. The molecule has 25 heavy (non-hydrogen) atoms. The monoisotopic (exact) mass is 342 g/mol. The number of urea groups is 1. The third-order valence-electron chi connectivity index (χ3n) is 4.18. The van der Waals surface area contributed by atoms with Gasteiger partial charge in [0.25, 0.3) is 0 Å². The Kier molecular flexibility index (Phi) is 5.91. The molecule has 0 spiro atoms. The lowest BCUT2D eigenvalue weighted by atomic mass is 9.94. The first-order chi connectivity index (χ1) is 11.9. The van der Waals surface area contributed by atoms with Crippen LogP contribution in [0.4, 0.5) is 4.79 Å². The molecule has 0 saturated carbocycles. The van der Waals surface area contributed by atoms with Crippen LogP contribution in [0.25, 0.3) is 0 Å². The highest BCUT2D eigenvalue weighted by molar-refractivity contribution is 5.75. The Labute approximate surface area is 149 Å². The second-order valence-corrected chi connectivity index (χ2v) is 6.43. The highest BCUT2D eigenvalue weighted by Crippen LogP contribution is 2.32. The molecule has 5 nitrogen and oxygen atoms in total. The first kappa shape index (κ1) is 18.6. The Balaban J connectivity index is 2.08. The second kappa shape index (κ2) is 7.92. The topological polar surface area (TPSA) is 59.6 Å². The zero-order valence-corrected chi connectivity index (χ0v) is 15.4. The van der Waals surface area contributed by atoms with Crippen molar-refractivity contribution in [1.82, 2.24) is 10.6 Å². The third kappa shape index (κ3) is 4.66. The standard InChI is InChI=1S/C20H26N2O3/c1-14(15-9-7-6-8-10-15)21-19(23)22-20(2,3)16-11-12-17(24-4)18(13-16)25-5/h6-14H,1-5H3,(H2,21,22,23). The maximum Gasteiger partial charge on any atom is 0.315 e. The first-order valence-corrected chi connectivity index (χ1v) is 8.23. The van der Waals surface area contributed by atoms with Crippen molar-refractivity contribution in [1.29, 1.82) is 0 Å². The Morgan fingerprint density at radius 1 is 1.00 bits per heavy atom. The molecular formula is C20H26N2O3. The fraction of sp³-hybridized carbons (Fsp3) is 0.350. The van der Waals surface area contributed by atoms with Crippen LogP contribution in [-0.2, 0) is 5.54 Å². The summed E-state index contributed by atoms with van der Waals surface area (Å²) in [6, 6.07) is 15.2. The van der Waals surface area contributed by atoms with Crippen molar-refractivity contribution in [3.63, 3.8) is 0 Å². The molecule has 0 bridgehead atoms. The lowest BCUT2D eigenvalue weighted by molar-refractivity contribution is 0.227. The van der Waals surface area contributed by atoms with Gasteiger partial charge < -0.3 is 20.1 Å². The van der Waals surface area contributed by atoms with E-state index in [1.165, 1.54) is 0 Å². The molecule has 0 saturated heterocycles. The lowest BCUT2D eigenvalue weighted by Crippen LogP contribution is -2.47. The fourth-order valence-electron chi connectivity index (χ4n) is 2.64. The highest BCUT2D eigenvalue weighted by Gasteiger charge is 2.25. The summed E-state index contributed by atoms with van der Waals surface area (Å²) in [6.07, 6.45) is 0. The van der Waals surface area contributed by atoms with Gasteiger partial charge in [-0.1, -0.05) is 36.4 Å². The fourth-order valence-corrected chi connectivity index (χ4v) is 2.64. The quantitative estimate of drug-likeness (QED) is 0.834. The average Bonchev–Trinajstić information content (AvgIpc) is 2.61. The summed E-state index contributed by atoms with van der Waals surface area (Å²) < 4.78 is 10.6. The van der Waals surface area contributed by atoms with Gasteiger partial charge in [-0.3, -0.25) is 0 Å². The van der Waals surface area contributed by atoms with E-state index < -0.39 is 5.54 Å². The van der Waals surface area contributed by atoms with E-state index in [-0.39, 0.29) is 12.1 Å². The number of carbonyl (C=O) groups excluding carboxylic acids is 1. The molecular weight excluding hydrogens is 316 g/mol. The molecule has 2 aromatic rings. The van der Waals surface area contributed by atoms with E-state index in [1.54, 1.807) is 14.2 Å². The van der Waals surface area contributed by atoms with Crippen LogP contribution in [0.15, 0.2) is 48.5 Å². The van der Waals surface area contributed by atoms with Crippen molar-refractivity contribution in [2.75, 3.05) is 14.2 Å². The number of rotatable bonds is 6. The molecule has 0 aliphatic carbocycles. The van der Waals surface area contributed by atoms with Crippen molar-refractivity contribution in [3.05, 3.63) is 59.7 Å². The number of amides is 2. The van der Waals surface area contributed by atoms with Gasteiger partial charge in [0.05, 0.1) is 25.8 Å². The smallest absolute Gasteiger partial charge is 0.315 e. The zero-order chi connectivity index (χ0) is 18.4. The number of carbonyl (C=O) groups is 1. The summed E-state index contributed by atoms with van der Waals surface area (Å²) in [7, 11) is 3.19. The first-order valence-electron chi connectivity index (χ1n) is 8.23. The number of nitrogens with one attached hydrogen (secondary N) is 2. The van der Waals surface area contributed by atoms with Crippen molar-refractivity contribution in [3.8, 4) is 11.5 Å². The van der Waals surface area contributed by atoms with Crippen LogP contribution >= 0.6 is 0 Å². The molecule has 0 aromatic heterocycles. The zero-order valence-electron chi connectivity index (χ0n) is 15.4. The predicted molar refractivity (Wildman–Crippen MR) is 99.1 cm³/mol. The predicted octanol–water partition coefficient (Wildman–Crippen LogP) is 4.00. The van der Waals surface area contributed by atoms with Crippen LogP contribution in [0.5, 0.6) is 11.5 Å². The highest BCUT2D eigenvalue weighted by atomic mass is 16.5. The molecule has 0 fully saturated rings. The summed E-state index contributed by atoms with van der Waals surface area (Å²) in [5, 5.41) is 5.98. The molecule has 0 radical (unpaired) electrons. The van der Waals surface area contributed by atoms with Gasteiger partial charge in [0.1, 0.15) is 0 Å². The number of methoxy groups -OCH3 is 2. The molecule has 1 atom stereocenters. The van der Waals surface area contributed by atoms with E-state index in [0.717, 1.165) is 11.1 Å². The largest absolute Gasteiger partial charge is 0.493 e. The van der Waals surface area contributed by atoms with Crippen LogP contribution in [0.1, 0.15) is 37.9 Å². The second-order valence-electron chi connectivity index (χ2n) is 6.43. The number of ether oxygens (including phenoxy) is 2. The van der Waals surface area contributed by atoms with Gasteiger partial charge in [0.2, 0.25) is 0 Å². The molecule has 2 amide bonds. The van der Waals surface area contributed by atoms with Gasteiger partial charge in [-0.2, -0.15) is 0 Å². The van der Waals surface area contributed by atoms with E-state index in [2.05, 4.69) is 10.6 Å². The van der Waals surface area contributed by atoms with E-state index in [9.17, 15) is 4.79 Å². The van der Waals surface area contributed by atoms with Crippen LogP contribution in [-0.4, -0.2) is 20.3 Å². The van der Waals surface area contributed by atoms with Crippen LogP contribution in [0, 0.1) is 0 Å². The van der Waals surface area contributed by atoms with Gasteiger partial charge in [0, 0.05) is 0 Å². The van der Waals surface area contributed by atoms with Gasteiger partial charge >= 0.3 is 6.03 Å². The molecule has 2 aromatic carbocycles. The lowest BCUT2D eigenvalue weighted by Gasteiger charge is -2.28. The Bertz CT molecular complexity index is 714. The van der Waals surface area contributed by atoms with Crippen molar-refractivity contribution in [2.45, 2.75) is 32.4 Å². The summed E-state index contributed by atoms with van der Waals surface area (Å²) in [5.41, 5.74) is 1.41.